The fraction of sp³-hybridized carbons (Fsp3) is 0.400. The van der Waals surface area contributed by atoms with Crippen molar-refractivity contribution in [2.45, 2.75) is 22.0 Å². The van der Waals surface area contributed by atoms with Crippen molar-refractivity contribution in [3.63, 3.8) is 0 Å². The third-order valence-electron chi connectivity index (χ3n) is 1.76. The highest BCUT2D eigenvalue weighted by molar-refractivity contribution is 9.11. The molecule has 0 spiro atoms. The standard InChI is InChI=1S/C10H10BrCl5/c1-10(16,4-5-11)8(13)3-2-7(6-12)9(14)15/h2-6,8-9H,1H3/b3-2+,5-4-,7-6-/t8-,10+/m0/s1. The van der Waals surface area contributed by atoms with Gasteiger partial charge in [0.2, 0.25) is 0 Å². The Labute approximate surface area is 129 Å². The van der Waals surface area contributed by atoms with Gasteiger partial charge < -0.3 is 0 Å². The number of rotatable bonds is 5. The summed E-state index contributed by atoms with van der Waals surface area (Å²) in [6.07, 6.45) is 5.07. The van der Waals surface area contributed by atoms with Crippen molar-refractivity contribution in [3.05, 3.63) is 34.3 Å². The van der Waals surface area contributed by atoms with Crippen LogP contribution in [0.25, 0.3) is 0 Å². The van der Waals surface area contributed by atoms with Crippen molar-refractivity contribution in [2.75, 3.05) is 0 Å². The second kappa shape index (κ2) is 8.29. The predicted octanol–water partition coefficient (Wildman–Crippen LogP) is 5.98. The third kappa shape index (κ3) is 6.18. The molecular formula is C10H10BrCl5. The molecule has 0 radical (unpaired) electrons. The van der Waals surface area contributed by atoms with Gasteiger partial charge in [-0.15, -0.1) is 46.4 Å². The Kier molecular flexibility index (Phi) is 8.88. The Balaban J connectivity index is 4.67. The summed E-state index contributed by atoms with van der Waals surface area (Å²) in [4.78, 5) is 0.270. The van der Waals surface area contributed by atoms with Crippen LogP contribution in [0.1, 0.15) is 6.92 Å². The first-order valence-corrected chi connectivity index (χ1v) is 7.26. The zero-order chi connectivity index (χ0) is 12.8. The second-order valence-electron chi connectivity index (χ2n) is 3.11. The van der Waals surface area contributed by atoms with Crippen molar-refractivity contribution in [2.24, 2.45) is 0 Å². The molecule has 16 heavy (non-hydrogen) atoms. The van der Waals surface area contributed by atoms with Crippen molar-refractivity contribution >= 4 is 73.9 Å². The molecular weight excluding hydrogens is 377 g/mol. The van der Waals surface area contributed by atoms with Crippen LogP contribution in [0.4, 0.5) is 0 Å². The van der Waals surface area contributed by atoms with Crippen molar-refractivity contribution in [1.29, 1.82) is 0 Å². The summed E-state index contributed by atoms with van der Waals surface area (Å²) in [5.74, 6) is 0. The maximum atomic E-state index is 6.17. The molecule has 0 N–H and O–H groups in total. The van der Waals surface area contributed by atoms with Crippen LogP contribution in [0, 0.1) is 0 Å². The first-order valence-electron chi connectivity index (χ1n) is 4.22. The minimum atomic E-state index is -0.701. The molecule has 0 aliphatic rings. The van der Waals surface area contributed by atoms with Gasteiger partial charge in [0.05, 0.1) is 10.3 Å². The summed E-state index contributed by atoms with van der Waals surface area (Å²) >= 11 is 32.3. The molecule has 2 atom stereocenters. The summed E-state index contributed by atoms with van der Waals surface area (Å²) in [6, 6.07) is 0. The normalized spacial score (nSPS) is 19.6. The monoisotopic (exact) mass is 384 g/mol. The Morgan fingerprint density at radius 2 is 1.88 bits per heavy atom. The number of hydrogen-bond donors (Lipinski definition) is 0. The molecule has 0 aromatic carbocycles. The molecule has 0 fully saturated rings. The summed E-state index contributed by atoms with van der Waals surface area (Å²) in [5, 5.41) is -0.415. The van der Waals surface area contributed by atoms with Crippen molar-refractivity contribution < 1.29 is 0 Å². The fourth-order valence-electron chi connectivity index (χ4n) is 0.756. The highest BCUT2D eigenvalue weighted by atomic mass is 79.9. The molecule has 6 heteroatoms. The largest absolute Gasteiger partial charge is 0.133 e. The van der Waals surface area contributed by atoms with Gasteiger partial charge in [-0.25, -0.2) is 0 Å². The van der Waals surface area contributed by atoms with E-state index in [2.05, 4.69) is 15.9 Å². The first-order chi connectivity index (χ1) is 7.35. The van der Waals surface area contributed by atoms with Crippen LogP contribution < -0.4 is 0 Å². The Morgan fingerprint density at radius 3 is 2.25 bits per heavy atom. The van der Waals surface area contributed by atoms with Gasteiger partial charge in [-0.1, -0.05) is 45.8 Å². The topological polar surface area (TPSA) is 0 Å². The van der Waals surface area contributed by atoms with E-state index in [9.17, 15) is 0 Å². The van der Waals surface area contributed by atoms with E-state index >= 15 is 0 Å². The van der Waals surface area contributed by atoms with Crippen molar-refractivity contribution in [1.82, 2.24) is 0 Å². The van der Waals surface area contributed by atoms with Crippen LogP contribution in [-0.4, -0.2) is 15.1 Å². The second-order valence-corrected chi connectivity index (χ2v) is 6.24. The summed E-state index contributed by atoms with van der Waals surface area (Å²) in [7, 11) is 0. The summed E-state index contributed by atoms with van der Waals surface area (Å²) in [5.41, 5.74) is 1.86. The molecule has 0 saturated heterocycles. The Hall–Kier alpha value is 1.15. The number of hydrogen-bond acceptors (Lipinski definition) is 0. The lowest BCUT2D eigenvalue weighted by atomic mass is 10.1. The first kappa shape index (κ1) is 17.2. The maximum absolute atomic E-state index is 6.17. The molecule has 0 aromatic heterocycles. The highest BCUT2D eigenvalue weighted by Gasteiger charge is 2.25. The van der Waals surface area contributed by atoms with E-state index in [1.165, 1.54) is 5.54 Å². The van der Waals surface area contributed by atoms with Gasteiger partial charge in [0.1, 0.15) is 4.84 Å². The Morgan fingerprint density at radius 1 is 1.31 bits per heavy atom. The van der Waals surface area contributed by atoms with E-state index in [0.717, 1.165) is 0 Å². The zero-order valence-corrected chi connectivity index (χ0v) is 13.7. The SMILES string of the molecule is C[C@@](Cl)(/C=C\Br)[C@@H](Cl)/C=C/C(=C/Cl)C(Cl)Cl. The minimum Gasteiger partial charge on any atom is -0.116 e. The van der Waals surface area contributed by atoms with E-state index in [0.29, 0.717) is 5.57 Å². The summed E-state index contributed by atoms with van der Waals surface area (Å²) < 4.78 is 0. The van der Waals surface area contributed by atoms with E-state index in [1.807, 2.05) is 0 Å². The average molecular weight is 387 g/mol. The molecule has 0 amide bonds. The molecule has 0 saturated carbocycles. The van der Waals surface area contributed by atoms with Crippen LogP contribution in [0.2, 0.25) is 0 Å². The molecule has 0 nitrogen and oxygen atoms in total. The van der Waals surface area contributed by atoms with Gasteiger partial charge in [0.15, 0.2) is 0 Å². The molecule has 92 valence electrons. The lowest BCUT2D eigenvalue weighted by Gasteiger charge is -2.21. The quantitative estimate of drug-likeness (QED) is 0.402. The number of halogens is 6. The molecule has 0 rings (SSSR count). The molecule has 0 bridgehead atoms. The predicted molar refractivity (Wildman–Crippen MR) is 80.5 cm³/mol. The van der Waals surface area contributed by atoms with E-state index < -0.39 is 15.1 Å². The van der Waals surface area contributed by atoms with Gasteiger partial charge in [-0.2, -0.15) is 0 Å². The third-order valence-corrected chi connectivity index (χ3v) is 3.86. The fourth-order valence-corrected chi connectivity index (χ4v) is 2.34. The lowest BCUT2D eigenvalue weighted by molar-refractivity contribution is 0.800. The summed E-state index contributed by atoms with van der Waals surface area (Å²) in [6.45, 7) is 1.79. The smallest absolute Gasteiger partial charge is 0.116 e. The number of alkyl halides is 4. The molecule has 0 unspecified atom stereocenters. The average Bonchev–Trinajstić information content (AvgIpc) is 2.17. The zero-order valence-electron chi connectivity index (χ0n) is 8.31. The van der Waals surface area contributed by atoms with Crippen LogP contribution in [0.3, 0.4) is 0 Å². The lowest BCUT2D eigenvalue weighted by Crippen LogP contribution is -2.24. The van der Waals surface area contributed by atoms with E-state index in [-0.39, 0.29) is 0 Å². The van der Waals surface area contributed by atoms with Crippen LogP contribution >= 0.6 is 73.9 Å². The number of allylic oxidation sites excluding steroid dienone is 4. The van der Waals surface area contributed by atoms with Gasteiger partial charge in [-0.3, -0.25) is 0 Å². The maximum Gasteiger partial charge on any atom is 0.133 e. The van der Waals surface area contributed by atoms with E-state index in [4.69, 9.17) is 58.0 Å². The molecule has 0 aliphatic heterocycles. The Bertz CT molecular complexity index is 294. The highest BCUT2D eigenvalue weighted by Crippen LogP contribution is 2.28. The van der Waals surface area contributed by atoms with Crippen molar-refractivity contribution in [3.8, 4) is 0 Å². The molecule has 0 aromatic rings. The van der Waals surface area contributed by atoms with E-state index in [1.54, 1.807) is 30.1 Å². The molecule has 0 aliphatic carbocycles. The van der Waals surface area contributed by atoms with Crippen LogP contribution in [0.5, 0.6) is 0 Å². The van der Waals surface area contributed by atoms with Crippen LogP contribution in [-0.2, 0) is 0 Å². The van der Waals surface area contributed by atoms with Gasteiger partial charge >= 0.3 is 0 Å². The molecule has 0 heterocycles. The van der Waals surface area contributed by atoms with Gasteiger partial charge in [0, 0.05) is 5.54 Å². The van der Waals surface area contributed by atoms with Gasteiger partial charge in [0.25, 0.3) is 0 Å². The van der Waals surface area contributed by atoms with Gasteiger partial charge in [-0.05, 0) is 17.5 Å². The minimum absolute atomic E-state index is 0.415. The van der Waals surface area contributed by atoms with Crippen LogP contribution in [0.15, 0.2) is 34.3 Å².